The molecule has 156 valence electrons. The highest BCUT2D eigenvalue weighted by molar-refractivity contribution is 6.32. The second kappa shape index (κ2) is 9.85. The van der Waals surface area contributed by atoms with Crippen molar-refractivity contribution in [3.8, 4) is 11.5 Å². The minimum atomic E-state index is -0.134. The first-order valence-electron chi connectivity index (χ1n) is 9.71. The molecule has 0 spiro atoms. The molecule has 1 aliphatic heterocycles. The summed E-state index contributed by atoms with van der Waals surface area (Å²) >= 11 is 6.30. The van der Waals surface area contributed by atoms with Gasteiger partial charge in [-0.15, -0.1) is 0 Å². The molecule has 0 atom stereocenters. The Morgan fingerprint density at radius 1 is 1.21 bits per heavy atom. The largest absolute Gasteiger partial charge is 0.493 e. The predicted molar refractivity (Wildman–Crippen MR) is 114 cm³/mol. The van der Waals surface area contributed by atoms with Gasteiger partial charge in [-0.25, -0.2) is 0 Å². The van der Waals surface area contributed by atoms with Crippen LogP contribution in [0, 0.1) is 0 Å². The summed E-state index contributed by atoms with van der Waals surface area (Å²) in [6.07, 6.45) is 0. The van der Waals surface area contributed by atoms with Gasteiger partial charge in [0.15, 0.2) is 11.5 Å². The lowest BCUT2D eigenvalue weighted by molar-refractivity contribution is 0.0784. The van der Waals surface area contributed by atoms with E-state index in [-0.39, 0.29) is 5.91 Å². The van der Waals surface area contributed by atoms with Crippen LogP contribution in [0.15, 0.2) is 36.4 Å². The highest BCUT2D eigenvalue weighted by atomic mass is 35.5. The molecular formula is C22H27ClN2O4. The van der Waals surface area contributed by atoms with Crippen LogP contribution in [0.1, 0.15) is 22.8 Å². The fourth-order valence-electron chi connectivity index (χ4n) is 3.33. The molecule has 0 saturated carbocycles. The van der Waals surface area contributed by atoms with Crippen LogP contribution in [0.3, 0.4) is 0 Å². The van der Waals surface area contributed by atoms with E-state index < -0.39 is 0 Å². The third kappa shape index (κ3) is 5.14. The molecular weight excluding hydrogens is 392 g/mol. The van der Waals surface area contributed by atoms with Crippen molar-refractivity contribution < 1.29 is 19.0 Å². The van der Waals surface area contributed by atoms with Gasteiger partial charge in [0, 0.05) is 37.9 Å². The Morgan fingerprint density at radius 2 is 1.90 bits per heavy atom. The van der Waals surface area contributed by atoms with Crippen LogP contribution in [0.2, 0.25) is 5.02 Å². The standard InChI is InChI=1S/C22H27ClN2O4/c1-4-29-21-19(23)13-17(14-20(21)27-3)22(26)24(2)15-16-5-7-18(8-6-16)25-9-11-28-12-10-25/h5-8,13-14H,4,9-12,15H2,1-3H3. The van der Waals surface area contributed by atoms with Gasteiger partial charge in [0.05, 0.1) is 32.0 Å². The summed E-state index contributed by atoms with van der Waals surface area (Å²) in [5, 5.41) is 0.359. The van der Waals surface area contributed by atoms with Gasteiger partial charge >= 0.3 is 0 Å². The number of hydrogen-bond acceptors (Lipinski definition) is 5. The summed E-state index contributed by atoms with van der Waals surface area (Å²) < 4.78 is 16.3. The maximum atomic E-state index is 12.9. The topological polar surface area (TPSA) is 51.2 Å². The normalized spacial score (nSPS) is 13.9. The van der Waals surface area contributed by atoms with E-state index in [2.05, 4.69) is 29.2 Å². The molecule has 7 heteroatoms. The molecule has 0 radical (unpaired) electrons. The van der Waals surface area contributed by atoms with Crippen molar-refractivity contribution >= 4 is 23.2 Å². The summed E-state index contributed by atoms with van der Waals surface area (Å²) in [5.41, 5.74) is 2.69. The molecule has 2 aromatic carbocycles. The first-order chi connectivity index (χ1) is 14.0. The van der Waals surface area contributed by atoms with Crippen LogP contribution < -0.4 is 14.4 Å². The van der Waals surface area contributed by atoms with Gasteiger partial charge in [-0.3, -0.25) is 4.79 Å². The van der Waals surface area contributed by atoms with E-state index in [0.717, 1.165) is 31.9 Å². The van der Waals surface area contributed by atoms with E-state index in [9.17, 15) is 4.79 Å². The van der Waals surface area contributed by atoms with Crippen LogP contribution in [0.4, 0.5) is 5.69 Å². The van der Waals surface area contributed by atoms with Gasteiger partial charge in [-0.2, -0.15) is 0 Å². The van der Waals surface area contributed by atoms with Crippen molar-refractivity contribution in [2.24, 2.45) is 0 Å². The Bertz CT molecular complexity index is 835. The van der Waals surface area contributed by atoms with Crippen molar-refractivity contribution in [2.75, 3.05) is 52.0 Å². The summed E-state index contributed by atoms with van der Waals surface area (Å²) in [6.45, 7) is 6.14. The zero-order valence-electron chi connectivity index (χ0n) is 17.1. The molecule has 29 heavy (non-hydrogen) atoms. The van der Waals surface area contributed by atoms with Crippen molar-refractivity contribution in [3.63, 3.8) is 0 Å². The Kier molecular flexibility index (Phi) is 7.23. The molecule has 1 heterocycles. The highest BCUT2D eigenvalue weighted by Crippen LogP contribution is 2.36. The second-order valence-electron chi connectivity index (χ2n) is 6.85. The molecule has 0 aliphatic carbocycles. The third-order valence-electron chi connectivity index (χ3n) is 4.84. The van der Waals surface area contributed by atoms with Gasteiger partial charge in [0.1, 0.15) is 0 Å². The van der Waals surface area contributed by atoms with Crippen molar-refractivity contribution in [1.29, 1.82) is 0 Å². The smallest absolute Gasteiger partial charge is 0.254 e. The van der Waals surface area contributed by atoms with Crippen LogP contribution in [0.25, 0.3) is 0 Å². The number of morpholine rings is 1. The fourth-order valence-corrected chi connectivity index (χ4v) is 3.59. The predicted octanol–water partition coefficient (Wildman–Crippen LogP) is 3.86. The minimum Gasteiger partial charge on any atom is -0.493 e. The third-order valence-corrected chi connectivity index (χ3v) is 5.12. The Balaban J connectivity index is 1.69. The zero-order chi connectivity index (χ0) is 20.8. The summed E-state index contributed by atoms with van der Waals surface area (Å²) in [7, 11) is 3.30. The number of ether oxygens (including phenoxy) is 3. The quantitative estimate of drug-likeness (QED) is 0.683. The molecule has 1 amide bonds. The van der Waals surface area contributed by atoms with Crippen molar-refractivity contribution in [1.82, 2.24) is 4.90 Å². The first-order valence-corrected chi connectivity index (χ1v) is 10.1. The molecule has 1 saturated heterocycles. The number of carbonyl (C=O) groups excluding carboxylic acids is 1. The summed E-state index contributed by atoms with van der Waals surface area (Å²) in [6, 6.07) is 11.6. The van der Waals surface area contributed by atoms with E-state index in [4.69, 9.17) is 25.8 Å². The average molecular weight is 419 g/mol. The maximum Gasteiger partial charge on any atom is 0.254 e. The Hall–Kier alpha value is -2.44. The van der Waals surface area contributed by atoms with Gasteiger partial charge in [-0.1, -0.05) is 23.7 Å². The maximum absolute atomic E-state index is 12.9. The molecule has 0 aromatic heterocycles. The number of amides is 1. The first kappa shape index (κ1) is 21.3. The van der Waals surface area contributed by atoms with Gasteiger partial charge in [0.2, 0.25) is 0 Å². The van der Waals surface area contributed by atoms with E-state index >= 15 is 0 Å². The van der Waals surface area contributed by atoms with E-state index in [0.29, 0.717) is 35.2 Å². The lowest BCUT2D eigenvalue weighted by Gasteiger charge is -2.29. The number of benzene rings is 2. The van der Waals surface area contributed by atoms with Gasteiger partial charge < -0.3 is 24.0 Å². The molecule has 0 N–H and O–H groups in total. The number of nitrogens with zero attached hydrogens (tertiary/aromatic N) is 2. The van der Waals surface area contributed by atoms with Crippen LogP contribution in [-0.4, -0.2) is 57.9 Å². The average Bonchev–Trinajstić information content (AvgIpc) is 2.75. The van der Waals surface area contributed by atoms with Crippen molar-refractivity contribution in [2.45, 2.75) is 13.5 Å². The summed E-state index contributed by atoms with van der Waals surface area (Å²) in [5.74, 6) is 0.769. The van der Waals surface area contributed by atoms with Gasteiger partial charge in [0.25, 0.3) is 5.91 Å². The highest BCUT2D eigenvalue weighted by Gasteiger charge is 2.19. The monoisotopic (exact) mass is 418 g/mol. The number of hydrogen-bond donors (Lipinski definition) is 0. The van der Waals surface area contributed by atoms with Crippen LogP contribution >= 0.6 is 11.6 Å². The van der Waals surface area contributed by atoms with Crippen LogP contribution in [-0.2, 0) is 11.3 Å². The van der Waals surface area contributed by atoms with E-state index in [1.54, 1.807) is 24.1 Å². The fraction of sp³-hybridized carbons (Fsp3) is 0.409. The minimum absolute atomic E-state index is 0.134. The lowest BCUT2D eigenvalue weighted by Crippen LogP contribution is -2.36. The zero-order valence-corrected chi connectivity index (χ0v) is 17.9. The number of carbonyl (C=O) groups is 1. The molecule has 6 nitrogen and oxygen atoms in total. The molecule has 3 rings (SSSR count). The Morgan fingerprint density at radius 3 is 2.52 bits per heavy atom. The molecule has 0 unspecified atom stereocenters. The Labute approximate surface area is 176 Å². The number of anilines is 1. The number of halogens is 1. The number of rotatable bonds is 7. The van der Waals surface area contributed by atoms with Crippen molar-refractivity contribution in [3.05, 3.63) is 52.5 Å². The van der Waals surface area contributed by atoms with Gasteiger partial charge in [-0.05, 0) is 36.8 Å². The number of methoxy groups -OCH3 is 1. The molecule has 0 bridgehead atoms. The lowest BCUT2D eigenvalue weighted by atomic mass is 10.1. The molecule has 2 aromatic rings. The second-order valence-corrected chi connectivity index (χ2v) is 7.26. The van der Waals surface area contributed by atoms with E-state index in [1.165, 1.54) is 12.8 Å². The SMILES string of the molecule is CCOc1c(Cl)cc(C(=O)N(C)Cc2ccc(N3CCOCC3)cc2)cc1OC. The molecule has 1 fully saturated rings. The van der Waals surface area contributed by atoms with Crippen LogP contribution in [0.5, 0.6) is 11.5 Å². The summed E-state index contributed by atoms with van der Waals surface area (Å²) in [4.78, 5) is 16.9. The van der Waals surface area contributed by atoms with E-state index in [1.807, 2.05) is 6.92 Å². The molecule has 1 aliphatic rings.